The summed E-state index contributed by atoms with van der Waals surface area (Å²) < 4.78 is 10.5. The van der Waals surface area contributed by atoms with Crippen LogP contribution in [0.15, 0.2) is 0 Å². The molecule has 170 valence electrons. The second-order valence-corrected chi connectivity index (χ2v) is 11.3. The molecule has 30 heavy (non-hydrogen) atoms. The number of hydrogen-bond donors (Lipinski definition) is 0. The predicted molar refractivity (Wildman–Crippen MR) is 117 cm³/mol. The Morgan fingerprint density at radius 3 is 2.50 bits per heavy atom. The van der Waals surface area contributed by atoms with E-state index in [-0.39, 0.29) is 18.0 Å². The summed E-state index contributed by atoms with van der Waals surface area (Å²) in [7, 11) is 1.50. The van der Waals surface area contributed by atoms with Crippen molar-refractivity contribution in [3.05, 3.63) is 0 Å². The van der Waals surface area contributed by atoms with E-state index in [0.29, 0.717) is 17.8 Å². The topological polar surface area (TPSA) is 52.6 Å². The van der Waals surface area contributed by atoms with Crippen LogP contribution in [0.2, 0.25) is 0 Å². The fraction of sp³-hybridized carbons (Fsp3) is 0.923. The fourth-order valence-electron chi connectivity index (χ4n) is 8.78. The number of methoxy groups -OCH3 is 1. The zero-order chi connectivity index (χ0) is 21.5. The molecule has 4 aliphatic rings. The first-order valence-electron chi connectivity index (χ1n) is 12.6. The maximum atomic E-state index is 11.6. The summed E-state index contributed by atoms with van der Waals surface area (Å²) in [5.74, 6) is 5.47. The molecule has 9 atom stereocenters. The lowest BCUT2D eigenvalue weighted by molar-refractivity contribution is -0.152. The lowest BCUT2D eigenvalue weighted by Gasteiger charge is -2.56. The summed E-state index contributed by atoms with van der Waals surface area (Å²) in [6.07, 6.45) is 13.3. The number of ether oxygens (including phenoxy) is 2. The normalized spacial score (nSPS) is 43.7. The molecule has 4 rings (SSSR count). The quantitative estimate of drug-likeness (QED) is 0.531. The summed E-state index contributed by atoms with van der Waals surface area (Å²) >= 11 is 0. The first-order chi connectivity index (χ1) is 14.3. The van der Waals surface area contributed by atoms with Crippen LogP contribution in [0.25, 0.3) is 0 Å². The van der Waals surface area contributed by atoms with Crippen molar-refractivity contribution in [1.29, 1.82) is 0 Å². The van der Waals surface area contributed by atoms with Gasteiger partial charge in [-0.15, -0.1) is 0 Å². The third-order valence-electron chi connectivity index (χ3n) is 10.0. The molecule has 0 saturated heterocycles. The molecule has 4 aliphatic carbocycles. The molecular formula is C26H42O4. The SMILES string of the molecule is COC(=O)CC[C@@H](C)[C@H]1CCC2C3CC[C@H]4C[C@@H](OC(C)=O)CC[C@@H]4C3CC[C@@]21C. The Morgan fingerprint density at radius 1 is 1.00 bits per heavy atom. The molecule has 0 bridgehead atoms. The number of fused-ring (bicyclic) bond motifs is 5. The summed E-state index contributed by atoms with van der Waals surface area (Å²) in [5.41, 5.74) is 0.457. The molecule has 0 N–H and O–H groups in total. The van der Waals surface area contributed by atoms with Crippen molar-refractivity contribution >= 4 is 11.9 Å². The Labute approximate surface area is 182 Å². The highest BCUT2D eigenvalue weighted by atomic mass is 16.5. The lowest BCUT2D eigenvalue weighted by Crippen LogP contribution is -2.49. The predicted octanol–water partition coefficient (Wildman–Crippen LogP) is 5.78. The van der Waals surface area contributed by atoms with Gasteiger partial charge in [0.1, 0.15) is 6.10 Å². The maximum Gasteiger partial charge on any atom is 0.305 e. The first-order valence-corrected chi connectivity index (χ1v) is 12.6. The summed E-state index contributed by atoms with van der Waals surface area (Å²) in [4.78, 5) is 23.0. The van der Waals surface area contributed by atoms with Crippen molar-refractivity contribution in [2.24, 2.45) is 46.8 Å². The number of carbonyl (C=O) groups is 2. The molecule has 0 aliphatic heterocycles. The molecule has 3 unspecified atom stereocenters. The Morgan fingerprint density at radius 2 is 1.77 bits per heavy atom. The van der Waals surface area contributed by atoms with Crippen molar-refractivity contribution in [3.8, 4) is 0 Å². The van der Waals surface area contributed by atoms with Gasteiger partial charge in [0.15, 0.2) is 0 Å². The van der Waals surface area contributed by atoms with Gasteiger partial charge in [0, 0.05) is 13.3 Å². The summed E-state index contributed by atoms with van der Waals surface area (Å²) in [6.45, 7) is 6.51. The van der Waals surface area contributed by atoms with E-state index in [2.05, 4.69) is 13.8 Å². The van der Waals surface area contributed by atoms with Gasteiger partial charge in [-0.1, -0.05) is 13.8 Å². The van der Waals surface area contributed by atoms with Crippen molar-refractivity contribution in [2.45, 2.75) is 97.5 Å². The van der Waals surface area contributed by atoms with Crippen LogP contribution >= 0.6 is 0 Å². The highest BCUT2D eigenvalue weighted by molar-refractivity contribution is 5.69. The third-order valence-corrected chi connectivity index (χ3v) is 10.0. The van der Waals surface area contributed by atoms with Crippen LogP contribution in [0.4, 0.5) is 0 Å². The third kappa shape index (κ3) is 4.05. The Hall–Kier alpha value is -1.06. The van der Waals surface area contributed by atoms with E-state index in [9.17, 15) is 9.59 Å². The van der Waals surface area contributed by atoms with Crippen LogP contribution in [0.1, 0.15) is 91.4 Å². The van der Waals surface area contributed by atoms with Gasteiger partial charge in [0.05, 0.1) is 7.11 Å². The van der Waals surface area contributed by atoms with Gasteiger partial charge in [-0.25, -0.2) is 0 Å². The molecule has 4 heteroatoms. The molecule has 4 nitrogen and oxygen atoms in total. The molecule has 0 radical (unpaired) electrons. The lowest BCUT2D eigenvalue weighted by atomic mass is 9.49. The smallest absolute Gasteiger partial charge is 0.305 e. The van der Waals surface area contributed by atoms with Crippen LogP contribution in [-0.2, 0) is 19.1 Å². The van der Waals surface area contributed by atoms with E-state index in [4.69, 9.17) is 9.47 Å². The van der Waals surface area contributed by atoms with E-state index < -0.39 is 0 Å². The standard InChI is InChI=1S/C26H42O4/c1-16(5-12-25(28)29-4)23-10-11-24-22-8-6-18-15-19(30-17(2)27)7-9-20(18)21(22)13-14-26(23,24)3/h16,18-24H,5-15H2,1-4H3/t16-,18+,19+,20+,21?,22?,23-,24?,26-/m1/s1. The van der Waals surface area contributed by atoms with Gasteiger partial charge in [-0.05, 0) is 111 Å². The molecule has 0 spiro atoms. The number of esters is 2. The van der Waals surface area contributed by atoms with Crippen LogP contribution in [0, 0.1) is 46.8 Å². The second kappa shape index (κ2) is 8.82. The maximum absolute atomic E-state index is 11.6. The number of rotatable bonds is 5. The Bertz CT molecular complexity index is 645. The van der Waals surface area contributed by atoms with Crippen molar-refractivity contribution in [2.75, 3.05) is 7.11 Å². The molecule has 0 aromatic rings. The average molecular weight is 419 g/mol. The molecule has 0 aromatic heterocycles. The van der Waals surface area contributed by atoms with Gasteiger partial charge >= 0.3 is 11.9 Å². The summed E-state index contributed by atoms with van der Waals surface area (Å²) in [5, 5.41) is 0. The van der Waals surface area contributed by atoms with Gasteiger partial charge in [-0.2, -0.15) is 0 Å². The molecular weight excluding hydrogens is 376 g/mol. The monoisotopic (exact) mass is 418 g/mol. The van der Waals surface area contributed by atoms with Gasteiger partial charge in [0.25, 0.3) is 0 Å². The molecule has 4 saturated carbocycles. The number of hydrogen-bond acceptors (Lipinski definition) is 4. The van der Waals surface area contributed by atoms with Crippen molar-refractivity contribution < 1.29 is 19.1 Å². The van der Waals surface area contributed by atoms with E-state index >= 15 is 0 Å². The largest absolute Gasteiger partial charge is 0.469 e. The zero-order valence-electron chi connectivity index (χ0n) is 19.5. The van der Waals surface area contributed by atoms with Gasteiger partial charge < -0.3 is 9.47 Å². The molecule has 0 heterocycles. The minimum absolute atomic E-state index is 0.0621. The highest BCUT2D eigenvalue weighted by Crippen LogP contribution is 2.65. The Kier molecular flexibility index (Phi) is 6.51. The van der Waals surface area contributed by atoms with E-state index in [0.717, 1.165) is 54.8 Å². The van der Waals surface area contributed by atoms with E-state index in [1.54, 1.807) is 6.92 Å². The molecule has 0 aromatic carbocycles. The zero-order valence-corrected chi connectivity index (χ0v) is 19.5. The second-order valence-electron chi connectivity index (χ2n) is 11.3. The summed E-state index contributed by atoms with van der Waals surface area (Å²) in [6, 6.07) is 0. The average Bonchev–Trinajstić information content (AvgIpc) is 3.08. The first kappa shape index (κ1) is 22.1. The number of carbonyl (C=O) groups excluding carboxylic acids is 2. The van der Waals surface area contributed by atoms with Gasteiger partial charge in [0.2, 0.25) is 0 Å². The van der Waals surface area contributed by atoms with Gasteiger partial charge in [-0.3, -0.25) is 9.59 Å². The minimum atomic E-state index is -0.112. The van der Waals surface area contributed by atoms with Crippen molar-refractivity contribution in [1.82, 2.24) is 0 Å². The van der Waals surface area contributed by atoms with Crippen molar-refractivity contribution in [3.63, 3.8) is 0 Å². The minimum Gasteiger partial charge on any atom is -0.469 e. The van der Waals surface area contributed by atoms with E-state index in [1.807, 2.05) is 0 Å². The Balaban J connectivity index is 1.40. The van der Waals surface area contributed by atoms with Crippen LogP contribution in [0.5, 0.6) is 0 Å². The van der Waals surface area contributed by atoms with Crippen LogP contribution in [0.3, 0.4) is 0 Å². The highest BCUT2D eigenvalue weighted by Gasteiger charge is 2.57. The molecule has 4 fully saturated rings. The molecule has 0 amide bonds. The van der Waals surface area contributed by atoms with Crippen LogP contribution in [-0.4, -0.2) is 25.2 Å². The van der Waals surface area contributed by atoms with Crippen LogP contribution < -0.4 is 0 Å². The van der Waals surface area contributed by atoms with E-state index in [1.165, 1.54) is 52.1 Å². The fourth-order valence-corrected chi connectivity index (χ4v) is 8.78.